The number of halogens is 1. The number of allylic oxidation sites excluding steroid dienone is 6. The van der Waals surface area contributed by atoms with Crippen LogP contribution in [-0.4, -0.2) is 5.78 Å². The van der Waals surface area contributed by atoms with E-state index in [2.05, 4.69) is 12.2 Å². The van der Waals surface area contributed by atoms with Gasteiger partial charge in [0, 0.05) is 5.56 Å². The average Bonchev–Trinajstić information content (AvgIpc) is 2.38. The topological polar surface area (TPSA) is 17.1 Å². The minimum atomic E-state index is 0. The van der Waals surface area contributed by atoms with Crippen molar-refractivity contribution in [2.24, 2.45) is 5.92 Å². The van der Waals surface area contributed by atoms with Gasteiger partial charge in [-0.25, -0.2) is 0 Å². The molecule has 0 spiro atoms. The molecule has 88 valence electrons. The molecule has 1 aromatic rings. The van der Waals surface area contributed by atoms with E-state index in [1.165, 1.54) is 0 Å². The second kappa shape index (κ2) is 6.87. The summed E-state index contributed by atoms with van der Waals surface area (Å²) in [6.07, 6.45) is 12.9. The van der Waals surface area contributed by atoms with E-state index in [1.807, 2.05) is 48.6 Å². The highest BCUT2D eigenvalue weighted by atomic mass is 35.5. The van der Waals surface area contributed by atoms with Crippen LogP contribution in [0.3, 0.4) is 0 Å². The molecule has 0 bridgehead atoms. The molecule has 0 aliphatic heterocycles. The number of hydrogen-bond donors (Lipinski definition) is 0. The zero-order chi connectivity index (χ0) is 11.2. The molecule has 0 fully saturated rings. The molecule has 1 unspecified atom stereocenters. The SMILES string of the molecule is Cl.O=C(C=CC1C=CC=CC1)c1ccccc1. The van der Waals surface area contributed by atoms with Crippen LogP contribution in [0.2, 0.25) is 0 Å². The highest BCUT2D eigenvalue weighted by Crippen LogP contribution is 2.13. The van der Waals surface area contributed by atoms with Crippen molar-refractivity contribution in [3.05, 3.63) is 72.4 Å². The van der Waals surface area contributed by atoms with Crippen molar-refractivity contribution >= 4 is 18.2 Å². The fourth-order valence-electron chi connectivity index (χ4n) is 1.65. The number of rotatable bonds is 3. The standard InChI is InChI=1S/C15H14O.ClH/c16-15(14-9-5-2-6-10-14)12-11-13-7-3-1-4-8-13;/h1-7,9-13H,8H2;1H. The van der Waals surface area contributed by atoms with Gasteiger partial charge in [0.2, 0.25) is 0 Å². The lowest BCUT2D eigenvalue weighted by Gasteiger charge is -2.06. The van der Waals surface area contributed by atoms with Crippen LogP contribution in [0.4, 0.5) is 0 Å². The normalized spacial score (nSPS) is 18.0. The summed E-state index contributed by atoms with van der Waals surface area (Å²) in [6, 6.07) is 9.34. The molecule has 0 aromatic heterocycles. The molecule has 0 N–H and O–H groups in total. The van der Waals surface area contributed by atoms with E-state index in [4.69, 9.17) is 0 Å². The third-order valence-electron chi connectivity index (χ3n) is 2.57. The van der Waals surface area contributed by atoms with Gasteiger partial charge in [-0.15, -0.1) is 12.4 Å². The highest BCUT2D eigenvalue weighted by molar-refractivity contribution is 6.04. The minimum Gasteiger partial charge on any atom is -0.289 e. The Hall–Kier alpha value is -1.60. The minimum absolute atomic E-state index is 0. The molecular formula is C15H15ClO. The van der Waals surface area contributed by atoms with E-state index in [0.717, 1.165) is 12.0 Å². The van der Waals surface area contributed by atoms with Gasteiger partial charge in [-0.2, -0.15) is 0 Å². The fraction of sp³-hybridized carbons (Fsp3) is 0.133. The van der Waals surface area contributed by atoms with E-state index >= 15 is 0 Å². The first-order valence-electron chi connectivity index (χ1n) is 5.47. The molecule has 1 atom stereocenters. The van der Waals surface area contributed by atoms with Gasteiger partial charge in [-0.05, 0) is 18.4 Å². The molecule has 2 heteroatoms. The molecule has 17 heavy (non-hydrogen) atoms. The number of hydrogen-bond acceptors (Lipinski definition) is 1. The van der Waals surface area contributed by atoms with E-state index < -0.39 is 0 Å². The smallest absolute Gasteiger partial charge is 0.185 e. The summed E-state index contributed by atoms with van der Waals surface area (Å²) in [5, 5.41) is 0. The predicted octanol–water partition coefficient (Wildman–Crippen LogP) is 3.98. The summed E-state index contributed by atoms with van der Waals surface area (Å²) in [5.74, 6) is 0.432. The molecule has 2 rings (SSSR count). The van der Waals surface area contributed by atoms with Crippen molar-refractivity contribution in [3.63, 3.8) is 0 Å². The molecule has 1 nitrogen and oxygen atoms in total. The van der Waals surface area contributed by atoms with Crippen LogP contribution < -0.4 is 0 Å². The molecule has 1 aliphatic carbocycles. The molecule has 1 aliphatic rings. The van der Waals surface area contributed by atoms with Crippen LogP contribution in [0, 0.1) is 5.92 Å². The molecular weight excluding hydrogens is 232 g/mol. The summed E-state index contributed by atoms with van der Waals surface area (Å²) in [4.78, 5) is 11.8. The van der Waals surface area contributed by atoms with Crippen LogP contribution in [0.25, 0.3) is 0 Å². The lowest BCUT2D eigenvalue weighted by atomic mass is 9.99. The summed E-state index contributed by atoms with van der Waals surface area (Å²) < 4.78 is 0. The molecule has 0 saturated heterocycles. The zero-order valence-corrected chi connectivity index (χ0v) is 10.3. The largest absolute Gasteiger partial charge is 0.289 e. The predicted molar refractivity (Wildman–Crippen MR) is 73.5 cm³/mol. The van der Waals surface area contributed by atoms with Crippen LogP contribution in [0.5, 0.6) is 0 Å². The van der Waals surface area contributed by atoms with Crippen molar-refractivity contribution < 1.29 is 4.79 Å². The maximum Gasteiger partial charge on any atom is 0.185 e. The maximum atomic E-state index is 11.8. The van der Waals surface area contributed by atoms with Crippen LogP contribution in [0.1, 0.15) is 16.8 Å². The van der Waals surface area contributed by atoms with E-state index in [1.54, 1.807) is 6.08 Å². The Morgan fingerprint density at radius 3 is 2.59 bits per heavy atom. The molecule has 0 amide bonds. The van der Waals surface area contributed by atoms with Crippen LogP contribution >= 0.6 is 12.4 Å². The summed E-state index contributed by atoms with van der Waals surface area (Å²) in [5.41, 5.74) is 0.745. The first-order valence-corrected chi connectivity index (χ1v) is 5.47. The Morgan fingerprint density at radius 1 is 1.18 bits per heavy atom. The maximum absolute atomic E-state index is 11.8. The van der Waals surface area contributed by atoms with Gasteiger partial charge >= 0.3 is 0 Å². The van der Waals surface area contributed by atoms with Gasteiger partial charge in [-0.1, -0.05) is 60.7 Å². The number of carbonyl (C=O) groups is 1. The van der Waals surface area contributed by atoms with Gasteiger partial charge in [0.15, 0.2) is 5.78 Å². The van der Waals surface area contributed by atoms with E-state index in [-0.39, 0.29) is 18.2 Å². The first kappa shape index (κ1) is 13.5. The Balaban J connectivity index is 0.00000144. The van der Waals surface area contributed by atoms with Crippen LogP contribution in [0.15, 0.2) is 66.8 Å². The van der Waals surface area contributed by atoms with Crippen LogP contribution in [-0.2, 0) is 0 Å². The summed E-state index contributed by atoms with van der Waals surface area (Å²) in [6.45, 7) is 0. The third-order valence-corrected chi connectivity index (χ3v) is 2.57. The van der Waals surface area contributed by atoms with Gasteiger partial charge < -0.3 is 0 Å². The van der Waals surface area contributed by atoms with E-state index in [9.17, 15) is 4.79 Å². The van der Waals surface area contributed by atoms with Gasteiger partial charge in [0.1, 0.15) is 0 Å². The monoisotopic (exact) mass is 246 g/mol. The van der Waals surface area contributed by atoms with Crippen molar-refractivity contribution in [1.82, 2.24) is 0 Å². The second-order valence-corrected chi connectivity index (χ2v) is 3.80. The van der Waals surface area contributed by atoms with Gasteiger partial charge in [0.05, 0.1) is 0 Å². The quantitative estimate of drug-likeness (QED) is 0.582. The summed E-state index contributed by atoms with van der Waals surface area (Å²) in [7, 11) is 0. The average molecular weight is 247 g/mol. The third kappa shape index (κ3) is 4.04. The van der Waals surface area contributed by atoms with Crippen molar-refractivity contribution in [2.45, 2.75) is 6.42 Å². The highest BCUT2D eigenvalue weighted by Gasteiger charge is 2.03. The molecule has 0 saturated carbocycles. The second-order valence-electron chi connectivity index (χ2n) is 3.80. The number of ketones is 1. The molecule has 1 aromatic carbocycles. The number of carbonyl (C=O) groups excluding carboxylic acids is 1. The Kier molecular flexibility index (Phi) is 5.44. The lowest BCUT2D eigenvalue weighted by Crippen LogP contribution is -1.97. The van der Waals surface area contributed by atoms with Gasteiger partial charge in [-0.3, -0.25) is 4.79 Å². The number of benzene rings is 1. The van der Waals surface area contributed by atoms with Crippen molar-refractivity contribution in [1.29, 1.82) is 0 Å². The van der Waals surface area contributed by atoms with E-state index in [0.29, 0.717) is 5.92 Å². The molecule has 0 radical (unpaired) electrons. The van der Waals surface area contributed by atoms with Crippen molar-refractivity contribution in [3.8, 4) is 0 Å². The summed E-state index contributed by atoms with van der Waals surface area (Å²) >= 11 is 0. The zero-order valence-electron chi connectivity index (χ0n) is 9.45. The molecule has 0 heterocycles. The Labute approximate surface area is 108 Å². The van der Waals surface area contributed by atoms with Crippen molar-refractivity contribution in [2.75, 3.05) is 0 Å². The Morgan fingerprint density at radius 2 is 1.94 bits per heavy atom. The lowest BCUT2D eigenvalue weighted by molar-refractivity contribution is 0.104. The van der Waals surface area contributed by atoms with Gasteiger partial charge in [0.25, 0.3) is 0 Å². The Bertz CT molecular complexity index is 443. The first-order chi connectivity index (χ1) is 7.86. The fourth-order valence-corrected chi connectivity index (χ4v) is 1.65.